The molecule has 7 nitrogen and oxygen atoms in total. The maximum absolute atomic E-state index is 12.6. The first-order chi connectivity index (χ1) is 11.9. The van der Waals surface area contributed by atoms with Crippen LogP contribution in [0.5, 0.6) is 17.2 Å². The van der Waals surface area contributed by atoms with Gasteiger partial charge in [0.05, 0.1) is 7.11 Å². The van der Waals surface area contributed by atoms with Crippen LogP contribution < -0.4 is 14.2 Å². The molecule has 0 saturated heterocycles. The lowest BCUT2D eigenvalue weighted by Gasteiger charge is -2.07. The lowest BCUT2D eigenvalue weighted by atomic mass is 10.1. The van der Waals surface area contributed by atoms with E-state index in [1.165, 1.54) is 7.11 Å². The van der Waals surface area contributed by atoms with E-state index in [1.54, 1.807) is 43.7 Å². The molecule has 7 heteroatoms. The summed E-state index contributed by atoms with van der Waals surface area (Å²) in [6.07, 6.45) is 0. The number of hydrogen-bond donors (Lipinski definition) is 0. The van der Waals surface area contributed by atoms with E-state index in [-0.39, 0.29) is 19.2 Å². The third-order valence-corrected chi connectivity index (χ3v) is 4.30. The molecule has 0 amide bonds. The maximum Gasteiger partial charge on any atom is 0.354 e. The normalized spacial score (nSPS) is 12.2. The first-order valence-electron chi connectivity index (χ1n) is 7.74. The van der Waals surface area contributed by atoms with Gasteiger partial charge in [-0.2, -0.15) is 0 Å². The molecule has 0 fully saturated rings. The highest BCUT2D eigenvalue weighted by molar-refractivity contribution is 6.03. The van der Waals surface area contributed by atoms with Gasteiger partial charge in [0, 0.05) is 24.4 Å². The molecule has 1 aliphatic rings. The zero-order valence-electron chi connectivity index (χ0n) is 14.5. The third-order valence-electron chi connectivity index (χ3n) is 4.30. The summed E-state index contributed by atoms with van der Waals surface area (Å²) in [7, 11) is 3.04. The Morgan fingerprint density at radius 2 is 1.92 bits per heavy atom. The predicted molar refractivity (Wildman–Crippen MR) is 88.6 cm³/mol. The Labute approximate surface area is 145 Å². The zero-order valence-corrected chi connectivity index (χ0v) is 14.5. The molecule has 0 atom stereocenters. The molecule has 132 valence electrons. The van der Waals surface area contributed by atoms with E-state index in [1.807, 2.05) is 0 Å². The van der Waals surface area contributed by atoms with E-state index in [4.69, 9.17) is 18.9 Å². The van der Waals surface area contributed by atoms with Crippen LogP contribution in [0, 0.1) is 13.8 Å². The van der Waals surface area contributed by atoms with Gasteiger partial charge in [0.2, 0.25) is 12.6 Å². The van der Waals surface area contributed by atoms with Gasteiger partial charge in [-0.15, -0.1) is 0 Å². The highest BCUT2D eigenvalue weighted by Gasteiger charge is 2.25. The van der Waals surface area contributed by atoms with Gasteiger partial charge in [0.1, 0.15) is 11.4 Å². The van der Waals surface area contributed by atoms with Gasteiger partial charge in [-0.05, 0) is 31.5 Å². The first kappa shape index (κ1) is 16.9. The minimum absolute atomic E-state index is 0.147. The number of Topliss-reactive ketones (excluding diaryl/α,β-unsaturated/α-hetero) is 1. The van der Waals surface area contributed by atoms with Crippen molar-refractivity contribution in [3.8, 4) is 17.2 Å². The van der Waals surface area contributed by atoms with E-state index < -0.39 is 5.97 Å². The number of fused-ring (bicyclic) bond motifs is 1. The first-order valence-corrected chi connectivity index (χ1v) is 7.74. The smallest absolute Gasteiger partial charge is 0.354 e. The van der Waals surface area contributed by atoms with Crippen molar-refractivity contribution in [3.63, 3.8) is 0 Å². The van der Waals surface area contributed by atoms with Gasteiger partial charge >= 0.3 is 5.97 Å². The number of ether oxygens (including phenoxy) is 4. The molecule has 25 heavy (non-hydrogen) atoms. The van der Waals surface area contributed by atoms with Crippen LogP contribution in [0.15, 0.2) is 18.2 Å². The maximum atomic E-state index is 12.6. The standard InChI is InChI=1S/C18H19NO6/c1-10-16(11(2)19(3)17(10)18(21)22-4)13(20)8-23-12-5-6-14-15(7-12)25-9-24-14/h5-7H,8-9H2,1-4H3. The van der Waals surface area contributed by atoms with Crippen molar-refractivity contribution in [1.29, 1.82) is 0 Å². The number of methoxy groups -OCH3 is 1. The fraction of sp³-hybridized carbons (Fsp3) is 0.333. The number of benzene rings is 1. The molecule has 0 saturated carbocycles. The zero-order chi connectivity index (χ0) is 18.1. The lowest BCUT2D eigenvalue weighted by molar-refractivity contribution is 0.0588. The monoisotopic (exact) mass is 345 g/mol. The Morgan fingerprint density at radius 3 is 2.64 bits per heavy atom. The van der Waals surface area contributed by atoms with E-state index >= 15 is 0 Å². The molecule has 2 aromatic rings. The van der Waals surface area contributed by atoms with Gasteiger partial charge in [-0.1, -0.05) is 0 Å². The van der Waals surface area contributed by atoms with Crippen LogP contribution >= 0.6 is 0 Å². The Balaban J connectivity index is 1.79. The summed E-state index contributed by atoms with van der Waals surface area (Å²) in [4.78, 5) is 24.5. The van der Waals surface area contributed by atoms with Crippen LogP contribution in [0.25, 0.3) is 0 Å². The van der Waals surface area contributed by atoms with E-state index in [9.17, 15) is 9.59 Å². The molecule has 1 aromatic heterocycles. The molecule has 0 bridgehead atoms. The summed E-state index contributed by atoms with van der Waals surface area (Å²) >= 11 is 0. The van der Waals surface area contributed by atoms with Crippen LogP contribution in [0.3, 0.4) is 0 Å². The molecule has 3 rings (SSSR count). The second-order valence-corrected chi connectivity index (χ2v) is 5.71. The SMILES string of the molecule is COC(=O)c1c(C)c(C(=O)COc2ccc3c(c2)OCO3)c(C)n1C. The summed E-state index contributed by atoms with van der Waals surface area (Å²) in [6, 6.07) is 5.13. The molecule has 0 unspecified atom stereocenters. The van der Waals surface area contributed by atoms with Gasteiger partial charge < -0.3 is 23.5 Å². The molecule has 2 heterocycles. The second kappa shape index (κ2) is 6.51. The quantitative estimate of drug-likeness (QED) is 0.612. The van der Waals surface area contributed by atoms with Crippen LogP contribution in [0.2, 0.25) is 0 Å². The van der Waals surface area contributed by atoms with Crippen LogP contribution in [0.4, 0.5) is 0 Å². The van der Waals surface area contributed by atoms with Crippen molar-refractivity contribution in [2.75, 3.05) is 20.5 Å². The third kappa shape index (κ3) is 2.93. The van der Waals surface area contributed by atoms with E-state index in [0.717, 1.165) is 0 Å². The van der Waals surface area contributed by atoms with Crippen molar-refractivity contribution in [1.82, 2.24) is 4.57 Å². The number of aromatic nitrogens is 1. The Morgan fingerprint density at radius 1 is 1.20 bits per heavy atom. The van der Waals surface area contributed by atoms with E-state index in [0.29, 0.717) is 39.8 Å². The number of carbonyl (C=O) groups excluding carboxylic acids is 2. The highest BCUT2D eigenvalue weighted by atomic mass is 16.7. The molecule has 1 aliphatic heterocycles. The Kier molecular flexibility index (Phi) is 4.39. The predicted octanol–water partition coefficient (Wildman–Crippen LogP) is 2.42. The van der Waals surface area contributed by atoms with Crippen molar-refractivity contribution >= 4 is 11.8 Å². The highest BCUT2D eigenvalue weighted by Crippen LogP contribution is 2.35. The van der Waals surface area contributed by atoms with Crippen LogP contribution in [-0.2, 0) is 11.8 Å². The van der Waals surface area contributed by atoms with Crippen molar-refractivity contribution in [2.24, 2.45) is 7.05 Å². The van der Waals surface area contributed by atoms with Gasteiger partial charge in [-0.3, -0.25) is 4.79 Å². The summed E-state index contributed by atoms with van der Waals surface area (Å²) in [5.41, 5.74) is 2.12. The van der Waals surface area contributed by atoms with Gasteiger partial charge in [0.15, 0.2) is 18.1 Å². The number of esters is 1. The summed E-state index contributed by atoms with van der Waals surface area (Å²) < 4.78 is 22.6. The Hall–Kier alpha value is -2.96. The van der Waals surface area contributed by atoms with Gasteiger partial charge in [-0.25, -0.2) is 4.79 Å². The second-order valence-electron chi connectivity index (χ2n) is 5.71. The molecular formula is C18H19NO6. The summed E-state index contributed by atoms with van der Waals surface area (Å²) in [5.74, 6) is 1.07. The van der Waals surface area contributed by atoms with Crippen molar-refractivity contribution in [3.05, 3.63) is 40.7 Å². The van der Waals surface area contributed by atoms with Crippen LogP contribution in [-0.4, -0.2) is 36.8 Å². The fourth-order valence-electron chi connectivity index (χ4n) is 2.96. The topological polar surface area (TPSA) is 76.0 Å². The molecule has 0 aliphatic carbocycles. The van der Waals surface area contributed by atoms with Gasteiger partial charge in [0.25, 0.3) is 0 Å². The Bertz CT molecular complexity index is 852. The van der Waals surface area contributed by atoms with Crippen molar-refractivity contribution < 1.29 is 28.5 Å². The minimum Gasteiger partial charge on any atom is -0.485 e. The molecule has 0 spiro atoms. The lowest BCUT2D eigenvalue weighted by Crippen LogP contribution is -2.13. The number of hydrogen-bond acceptors (Lipinski definition) is 6. The number of rotatable bonds is 5. The number of ketones is 1. The summed E-state index contributed by atoms with van der Waals surface area (Å²) in [5, 5.41) is 0. The van der Waals surface area contributed by atoms with Crippen LogP contribution in [0.1, 0.15) is 32.1 Å². The minimum atomic E-state index is -0.473. The van der Waals surface area contributed by atoms with E-state index in [2.05, 4.69) is 0 Å². The van der Waals surface area contributed by atoms with Crippen molar-refractivity contribution in [2.45, 2.75) is 13.8 Å². The number of nitrogens with zero attached hydrogens (tertiary/aromatic N) is 1. The largest absolute Gasteiger partial charge is 0.485 e. The number of carbonyl (C=O) groups is 2. The molecule has 0 radical (unpaired) electrons. The molecular weight excluding hydrogens is 326 g/mol. The average Bonchev–Trinajstić information content (AvgIpc) is 3.15. The molecule has 0 N–H and O–H groups in total. The fourth-order valence-corrected chi connectivity index (χ4v) is 2.96. The average molecular weight is 345 g/mol. The summed E-state index contributed by atoms with van der Waals surface area (Å²) in [6.45, 7) is 3.54. The molecule has 1 aromatic carbocycles.